The van der Waals surface area contributed by atoms with Crippen LogP contribution >= 0.6 is 11.8 Å². The number of carbonyl (C=O) groups is 2. The molecule has 0 unspecified atom stereocenters. The first-order chi connectivity index (χ1) is 8.59. The van der Waals surface area contributed by atoms with Gasteiger partial charge in [0.2, 0.25) is 0 Å². The average Bonchev–Trinajstić information content (AvgIpc) is 2.37. The number of rotatable bonds is 7. The molecular weight excluding hydrogens is 254 g/mol. The SMILES string of the molecule is N[C@@H](CSCC(=O)OCc1ccccc1)C(=O)O. The molecule has 0 aliphatic carbocycles. The lowest BCUT2D eigenvalue weighted by Crippen LogP contribution is -2.32. The molecule has 5 nitrogen and oxygen atoms in total. The molecule has 0 saturated heterocycles. The van der Waals surface area contributed by atoms with Gasteiger partial charge in [-0.25, -0.2) is 0 Å². The average molecular weight is 269 g/mol. The number of benzene rings is 1. The third-order valence-electron chi connectivity index (χ3n) is 2.08. The van der Waals surface area contributed by atoms with Crippen molar-refractivity contribution >= 4 is 23.7 Å². The topological polar surface area (TPSA) is 89.6 Å². The fourth-order valence-corrected chi connectivity index (χ4v) is 1.88. The van der Waals surface area contributed by atoms with Gasteiger partial charge in [0.25, 0.3) is 0 Å². The van der Waals surface area contributed by atoms with Crippen molar-refractivity contribution in [3.63, 3.8) is 0 Å². The van der Waals surface area contributed by atoms with E-state index >= 15 is 0 Å². The number of carbonyl (C=O) groups excluding carboxylic acids is 1. The maximum absolute atomic E-state index is 11.3. The zero-order valence-electron chi connectivity index (χ0n) is 9.74. The van der Waals surface area contributed by atoms with Crippen LogP contribution < -0.4 is 5.73 Å². The van der Waals surface area contributed by atoms with Crippen LogP contribution in [0.25, 0.3) is 0 Å². The Morgan fingerprint density at radius 1 is 1.33 bits per heavy atom. The van der Waals surface area contributed by atoms with E-state index in [0.717, 1.165) is 17.3 Å². The highest BCUT2D eigenvalue weighted by Crippen LogP contribution is 2.05. The van der Waals surface area contributed by atoms with Gasteiger partial charge < -0.3 is 15.6 Å². The van der Waals surface area contributed by atoms with Gasteiger partial charge in [-0.05, 0) is 5.56 Å². The third kappa shape index (κ3) is 5.70. The Labute approximate surface area is 109 Å². The lowest BCUT2D eigenvalue weighted by Gasteiger charge is -2.06. The van der Waals surface area contributed by atoms with E-state index in [0.29, 0.717) is 0 Å². The summed E-state index contributed by atoms with van der Waals surface area (Å²) in [4.78, 5) is 21.8. The number of aliphatic carboxylic acids is 1. The maximum atomic E-state index is 11.3. The van der Waals surface area contributed by atoms with Crippen LogP contribution in [-0.4, -0.2) is 34.6 Å². The second-order valence-electron chi connectivity index (χ2n) is 3.61. The molecule has 18 heavy (non-hydrogen) atoms. The smallest absolute Gasteiger partial charge is 0.321 e. The third-order valence-corrected chi connectivity index (χ3v) is 3.11. The molecule has 0 fully saturated rings. The van der Waals surface area contributed by atoms with Gasteiger partial charge in [0.05, 0.1) is 5.75 Å². The van der Waals surface area contributed by atoms with Crippen LogP contribution in [0.4, 0.5) is 0 Å². The molecule has 0 radical (unpaired) electrons. The number of ether oxygens (including phenoxy) is 1. The van der Waals surface area contributed by atoms with E-state index in [1.54, 1.807) is 0 Å². The molecule has 0 saturated carbocycles. The Morgan fingerprint density at radius 3 is 2.61 bits per heavy atom. The van der Waals surface area contributed by atoms with E-state index in [1.807, 2.05) is 30.3 Å². The Kier molecular flexibility index (Phi) is 6.24. The fraction of sp³-hybridized carbons (Fsp3) is 0.333. The Hall–Kier alpha value is -1.53. The standard InChI is InChI=1S/C12H15NO4S/c13-10(12(15)16)7-18-8-11(14)17-6-9-4-2-1-3-5-9/h1-5,10H,6-8,13H2,(H,15,16)/t10-/m0/s1. The van der Waals surface area contributed by atoms with E-state index in [1.165, 1.54) is 0 Å². The summed E-state index contributed by atoms with van der Waals surface area (Å²) in [5.41, 5.74) is 6.21. The van der Waals surface area contributed by atoms with Crippen LogP contribution in [0.5, 0.6) is 0 Å². The van der Waals surface area contributed by atoms with Gasteiger partial charge in [0.1, 0.15) is 12.6 Å². The molecule has 98 valence electrons. The largest absolute Gasteiger partial charge is 0.480 e. The van der Waals surface area contributed by atoms with Crippen LogP contribution in [0.1, 0.15) is 5.56 Å². The molecule has 6 heteroatoms. The highest BCUT2D eigenvalue weighted by molar-refractivity contribution is 8.00. The van der Waals surface area contributed by atoms with Crippen LogP contribution in [0.3, 0.4) is 0 Å². The minimum absolute atomic E-state index is 0.105. The lowest BCUT2D eigenvalue weighted by molar-refractivity contribution is -0.142. The molecule has 0 heterocycles. The fourth-order valence-electron chi connectivity index (χ4n) is 1.12. The second-order valence-corrected chi connectivity index (χ2v) is 4.64. The first-order valence-electron chi connectivity index (χ1n) is 5.35. The molecule has 0 bridgehead atoms. The Morgan fingerprint density at radius 2 is 2.00 bits per heavy atom. The molecule has 0 aliphatic rings. The lowest BCUT2D eigenvalue weighted by atomic mass is 10.2. The van der Waals surface area contributed by atoms with Crippen LogP contribution in [0, 0.1) is 0 Å². The van der Waals surface area contributed by atoms with Gasteiger partial charge in [-0.2, -0.15) is 0 Å². The highest BCUT2D eigenvalue weighted by atomic mass is 32.2. The van der Waals surface area contributed by atoms with E-state index in [9.17, 15) is 9.59 Å². The zero-order valence-corrected chi connectivity index (χ0v) is 10.6. The molecule has 0 aromatic heterocycles. The van der Waals surface area contributed by atoms with E-state index < -0.39 is 12.0 Å². The van der Waals surface area contributed by atoms with Crippen molar-refractivity contribution in [2.24, 2.45) is 5.73 Å². The van der Waals surface area contributed by atoms with Crippen molar-refractivity contribution in [1.82, 2.24) is 0 Å². The van der Waals surface area contributed by atoms with Crippen LogP contribution in [0.15, 0.2) is 30.3 Å². The summed E-state index contributed by atoms with van der Waals surface area (Å²) in [5.74, 6) is -1.15. The summed E-state index contributed by atoms with van der Waals surface area (Å²) < 4.78 is 5.02. The quantitative estimate of drug-likeness (QED) is 0.714. The number of thioether (sulfide) groups is 1. The van der Waals surface area contributed by atoms with E-state index in [4.69, 9.17) is 15.6 Å². The maximum Gasteiger partial charge on any atom is 0.321 e. The molecule has 1 aromatic rings. The molecule has 0 spiro atoms. The normalized spacial score (nSPS) is 11.8. The van der Waals surface area contributed by atoms with E-state index in [2.05, 4.69) is 0 Å². The number of esters is 1. The van der Waals surface area contributed by atoms with Gasteiger partial charge in [-0.15, -0.1) is 11.8 Å². The summed E-state index contributed by atoms with van der Waals surface area (Å²) >= 11 is 1.15. The molecule has 1 atom stereocenters. The number of hydrogen-bond donors (Lipinski definition) is 2. The van der Waals surface area contributed by atoms with Gasteiger partial charge in [-0.1, -0.05) is 30.3 Å². The summed E-state index contributed by atoms with van der Waals surface area (Å²) in [5, 5.41) is 8.54. The summed E-state index contributed by atoms with van der Waals surface area (Å²) in [6, 6.07) is 8.39. The molecule has 0 amide bonds. The molecule has 1 aromatic carbocycles. The predicted molar refractivity (Wildman–Crippen MR) is 69.2 cm³/mol. The van der Waals surface area contributed by atoms with Crippen molar-refractivity contribution in [2.45, 2.75) is 12.6 Å². The minimum atomic E-state index is -1.07. The summed E-state index contributed by atoms with van der Waals surface area (Å²) in [6.45, 7) is 0.227. The van der Waals surface area contributed by atoms with Gasteiger partial charge in [0.15, 0.2) is 0 Å². The summed E-state index contributed by atoms with van der Waals surface area (Å²) in [7, 11) is 0. The number of nitrogens with two attached hydrogens (primary N) is 1. The van der Waals surface area contributed by atoms with Crippen molar-refractivity contribution in [3.05, 3.63) is 35.9 Å². The highest BCUT2D eigenvalue weighted by Gasteiger charge is 2.12. The second kappa shape index (κ2) is 7.73. The van der Waals surface area contributed by atoms with Gasteiger partial charge >= 0.3 is 11.9 Å². The first-order valence-corrected chi connectivity index (χ1v) is 6.50. The predicted octanol–water partition coefficient (Wildman–Crippen LogP) is 0.875. The Balaban J connectivity index is 2.17. The van der Waals surface area contributed by atoms with Gasteiger partial charge in [-0.3, -0.25) is 9.59 Å². The molecule has 3 N–H and O–H groups in total. The van der Waals surface area contributed by atoms with Gasteiger partial charge in [0, 0.05) is 5.75 Å². The first kappa shape index (κ1) is 14.5. The van der Waals surface area contributed by atoms with Crippen LogP contribution in [0.2, 0.25) is 0 Å². The molecular formula is C12H15NO4S. The molecule has 1 rings (SSSR count). The van der Waals surface area contributed by atoms with Crippen molar-refractivity contribution in [3.8, 4) is 0 Å². The number of carboxylic acids is 1. The van der Waals surface area contributed by atoms with Crippen molar-refractivity contribution in [1.29, 1.82) is 0 Å². The number of carboxylic acid groups (broad SMARTS) is 1. The minimum Gasteiger partial charge on any atom is -0.480 e. The van der Waals surface area contributed by atoms with E-state index in [-0.39, 0.29) is 24.1 Å². The zero-order chi connectivity index (χ0) is 13.4. The summed E-state index contributed by atoms with van der Waals surface area (Å²) in [6.07, 6.45) is 0. The monoisotopic (exact) mass is 269 g/mol. The van der Waals surface area contributed by atoms with Crippen LogP contribution in [-0.2, 0) is 20.9 Å². The van der Waals surface area contributed by atoms with Crippen molar-refractivity contribution < 1.29 is 19.4 Å². The van der Waals surface area contributed by atoms with Crippen molar-refractivity contribution in [2.75, 3.05) is 11.5 Å². The number of hydrogen-bond acceptors (Lipinski definition) is 5. The molecule has 0 aliphatic heterocycles. The Bertz CT molecular complexity index is 396.